The standard InChI is InChI=1S/C23H39FN6O4S2/c1-26-22(33)19(5-3-4-11-25)27-16-28-23(34)20(15-17-6-8-18(31)9-7-17)29-21(32)10-13-35-36-14-12-30(2)24/h6-9,19-20,27,31H,3-5,10-16,25H2,1-2H3,(H,26,33)(H,28,34)(H,29,32)/t19-,20-/m0/s1. The summed E-state index contributed by atoms with van der Waals surface area (Å²) in [5.41, 5.74) is 6.30. The topological polar surface area (TPSA) is 149 Å². The monoisotopic (exact) mass is 546 g/mol. The highest BCUT2D eigenvalue weighted by Gasteiger charge is 2.22. The van der Waals surface area contributed by atoms with Crippen LogP contribution >= 0.6 is 21.6 Å². The Bertz CT molecular complexity index is 788. The van der Waals surface area contributed by atoms with Gasteiger partial charge in [0, 0.05) is 45.0 Å². The molecule has 3 amide bonds. The van der Waals surface area contributed by atoms with E-state index in [1.807, 2.05) is 0 Å². The lowest BCUT2D eigenvalue weighted by Gasteiger charge is -2.21. The van der Waals surface area contributed by atoms with Gasteiger partial charge in [0.15, 0.2) is 0 Å². The second-order valence-electron chi connectivity index (χ2n) is 8.09. The lowest BCUT2D eigenvalue weighted by atomic mass is 10.0. The van der Waals surface area contributed by atoms with Crippen molar-refractivity contribution < 1.29 is 24.0 Å². The summed E-state index contributed by atoms with van der Waals surface area (Å²) in [5, 5.41) is 21.3. The van der Waals surface area contributed by atoms with E-state index in [0.717, 1.165) is 18.4 Å². The van der Waals surface area contributed by atoms with Gasteiger partial charge in [-0.1, -0.05) is 40.1 Å². The molecule has 204 valence electrons. The molecule has 0 aromatic heterocycles. The minimum atomic E-state index is -0.836. The third kappa shape index (κ3) is 14.5. The van der Waals surface area contributed by atoms with Gasteiger partial charge in [0.1, 0.15) is 11.8 Å². The Morgan fingerprint density at radius 2 is 1.78 bits per heavy atom. The summed E-state index contributed by atoms with van der Waals surface area (Å²) in [6.45, 7) is 0.902. The molecule has 0 saturated carbocycles. The van der Waals surface area contributed by atoms with Crippen LogP contribution in [0, 0.1) is 0 Å². The number of halogens is 1. The van der Waals surface area contributed by atoms with Crippen LogP contribution in [0.15, 0.2) is 24.3 Å². The molecule has 0 aliphatic heterocycles. The van der Waals surface area contributed by atoms with E-state index in [4.69, 9.17) is 5.73 Å². The zero-order chi connectivity index (χ0) is 26.8. The van der Waals surface area contributed by atoms with Crippen molar-refractivity contribution in [3.8, 4) is 5.75 Å². The maximum absolute atomic E-state index is 12.9. The minimum Gasteiger partial charge on any atom is -0.508 e. The van der Waals surface area contributed by atoms with Gasteiger partial charge in [0.25, 0.3) is 0 Å². The lowest BCUT2D eigenvalue weighted by molar-refractivity contribution is -0.129. The zero-order valence-electron chi connectivity index (χ0n) is 20.9. The van der Waals surface area contributed by atoms with Gasteiger partial charge in [0.05, 0.1) is 12.7 Å². The van der Waals surface area contributed by atoms with Crippen LogP contribution in [0.1, 0.15) is 31.2 Å². The summed E-state index contributed by atoms with van der Waals surface area (Å²) in [5.74, 6) is 0.386. The number of hydrogen-bond acceptors (Lipinski definition) is 9. The Hall–Kier alpha value is -2.06. The number of phenols is 1. The number of nitrogens with zero attached hydrogens (tertiary/aromatic N) is 1. The summed E-state index contributed by atoms with van der Waals surface area (Å²) in [4.78, 5) is 37.5. The van der Waals surface area contributed by atoms with Gasteiger partial charge in [-0.3, -0.25) is 19.7 Å². The van der Waals surface area contributed by atoms with Crippen molar-refractivity contribution in [3.63, 3.8) is 0 Å². The quantitative estimate of drug-likeness (QED) is 0.0645. The summed E-state index contributed by atoms with van der Waals surface area (Å²) in [6.07, 6.45) is 2.60. The van der Waals surface area contributed by atoms with Crippen molar-refractivity contribution >= 4 is 39.3 Å². The first-order valence-electron chi connectivity index (χ1n) is 11.9. The lowest BCUT2D eigenvalue weighted by Crippen LogP contribution is -2.52. The van der Waals surface area contributed by atoms with Crippen LogP contribution in [0.5, 0.6) is 5.75 Å². The van der Waals surface area contributed by atoms with Crippen molar-refractivity contribution in [2.75, 3.05) is 45.4 Å². The fourth-order valence-electron chi connectivity index (χ4n) is 3.14. The van der Waals surface area contributed by atoms with Gasteiger partial charge in [-0.05, 0) is 37.1 Å². The number of hydrogen-bond donors (Lipinski definition) is 6. The van der Waals surface area contributed by atoms with E-state index in [9.17, 15) is 24.0 Å². The fraction of sp³-hybridized carbons (Fsp3) is 0.609. The normalized spacial score (nSPS) is 12.7. The number of benzene rings is 1. The number of aromatic hydroxyl groups is 1. The van der Waals surface area contributed by atoms with E-state index < -0.39 is 18.0 Å². The van der Waals surface area contributed by atoms with Gasteiger partial charge >= 0.3 is 0 Å². The molecule has 13 heteroatoms. The van der Waals surface area contributed by atoms with Gasteiger partial charge < -0.3 is 26.8 Å². The van der Waals surface area contributed by atoms with Crippen molar-refractivity contribution in [3.05, 3.63) is 29.8 Å². The Morgan fingerprint density at radius 3 is 2.42 bits per heavy atom. The molecule has 0 fully saturated rings. The van der Waals surface area contributed by atoms with E-state index in [-0.39, 0.29) is 37.1 Å². The molecule has 0 saturated heterocycles. The molecule has 36 heavy (non-hydrogen) atoms. The maximum atomic E-state index is 12.9. The van der Waals surface area contributed by atoms with Crippen LogP contribution in [-0.2, 0) is 20.8 Å². The molecule has 1 aromatic rings. The number of unbranched alkanes of at least 4 members (excludes halogenated alkanes) is 1. The van der Waals surface area contributed by atoms with Crippen LogP contribution in [-0.4, -0.2) is 85.4 Å². The third-order valence-corrected chi connectivity index (χ3v) is 7.51. The second-order valence-corrected chi connectivity index (χ2v) is 10.8. The molecule has 1 aromatic carbocycles. The molecule has 0 spiro atoms. The Balaban J connectivity index is 2.64. The number of carbonyl (C=O) groups is 3. The Kier molecular flexibility index (Phi) is 17.0. The molecule has 7 N–H and O–H groups in total. The number of carbonyl (C=O) groups excluding carboxylic acids is 3. The van der Waals surface area contributed by atoms with Crippen LogP contribution in [0.3, 0.4) is 0 Å². The Labute approximate surface area is 220 Å². The van der Waals surface area contributed by atoms with Crippen LogP contribution in [0.4, 0.5) is 4.48 Å². The van der Waals surface area contributed by atoms with E-state index in [1.165, 1.54) is 40.8 Å². The van der Waals surface area contributed by atoms with Crippen molar-refractivity contribution in [2.24, 2.45) is 5.73 Å². The van der Waals surface area contributed by atoms with Gasteiger partial charge in [-0.2, -0.15) is 0 Å². The predicted octanol–water partition coefficient (Wildman–Crippen LogP) is 0.914. The average molecular weight is 547 g/mol. The molecule has 0 aliphatic carbocycles. The number of phenolic OH excluding ortho intramolecular Hbond substituents is 1. The first kappa shape index (κ1) is 32.0. The van der Waals surface area contributed by atoms with E-state index in [1.54, 1.807) is 19.2 Å². The molecular weight excluding hydrogens is 507 g/mol. The highest BCUT2D eigenvalue weighted by molar-refractivity contribution is 8.76. The van der Waals surface area contributed by atoms with E-state index in [0.29, 0.717) is 36.1 Å². The largest absolute Gasteiger partial charge is 0.508 e. The summed E-state index contributed by atoms with van der Waals surface area (Å²) >= 11 is 0. The van der Waals surface area contributed by atoms with Crippen LogP contribution in [0.25, 0.3) is 0 Å². The molecule has 0 bridgehead atoms. The third-order valence-electron chi connectivity index (χ3n) is 5.13. The highest BCUT2D eigenvalue weighted by Crippen LogP contribution is 2.21. The summed E-state index contributed by atoms with van der Waals surface area (Å²) in [7, 11) is 5.86. The molecule has 0 radical (unpaired) electrons. The molecule has 1 rings (SSSR count). The van der Waals surface area contributed by atoms with Crippen LogP contribution < -0.4 is 27.0 Å². The molecule has 2 atom stereocenters. The van der Waals surface area contributed by atoms with Crippen LogP contribution in [0.2, 0.25) is 0 Å². The predicted molar refractivity (Wildman–Crippen MR) is 144 cm³/mol. The summed E-state index contributed by atoms with van der Waals surface area (Å²) < 4.78 is 12.7. The average Bonchev–Trinajstić information content (AvgIpc) is 2.85. The van der Waals surface area contributed by atoms with Crippen molar-refractivity contribution in [2.45, 2.75) is 44.2 Å². The Morgan fingerprint density at radius 1 is 1.08 bits per heavy atom. The molecule has 0 heterocycles. The first-order valence-corrected chi connectivity index (χ1v) is 14.4. The number of rotatable bonds is 19. The maximum Gasteiger partial charge on any atom is 0.243 e. The number of likely N-dealkylation sites (N-methyl/N-ethyl adjacent to an activating group) is 1. The molecule has 0 unspecified atom stereocenters. The van der Waals surface area contributed by atoms with Crippen molar-refractivity contribution in [1.82, 2.24) is 26.4 Å². The highest BCUT2D eigenvalue weighted by atomic mass is 33.1. The minimum absolute atomic E-state index is 0.0526. The number of nitrogens with two attached hydrogens (primary N) is 1. The number of amides is 3. The zero-order valence-corrected chi connectivity index (χ0v) is 22.6. The smallest absolute Gasteiger partial charge is 0.243 e. The van der Waals surface area contributed by atoms with E-state index in [2.05, 4.69) is 21.3 Å². The fourth-order valence-corrected chi connectivity index (χ4v) is 5.15. The van der Waals surface area contributed by atoms with Crippen molar-refractivity contribution in [1.29, 1.82) is 0 Å². The first-order chi connectivity index (χ1) is 17.3. The molecular formula is C23H39FN6O4S2. The van der Waals surface area contributed by atoms with E-state index >= 15 is 0 Å². The van der Waals surface area contributed by atoms with Gasteiger partial charge in [-0.25, -0.2) is 0 Å². The SMILES string of the molecule is CNC(=O)[C@H](CCCCN)NCNC(=O)[C@H](Cc1ccc(O)cc1)NC(=O)CCSSCCN(C)F. The summed E-state index contributed by atoms with van der Waals surface area (Å²) in [6, 6.07) is 5.11. The number of nitrogens with one attached hydrogen (secondary N) is 4. The van der Waals surface area contributed by atoms with Gasteiger partial charge in [-0.15, -0.1) is 9.60 Å². The van der Waals surface area contributed by atoms with Gasteiger partial charge in [0.2, 0.25) is 17.7 Å². The second kappa shape index (κ2) is 19.1. The molecule has 10 nitrogen and oxygen atoms in total. The molecule has 0 aliphatic rings.